The average Bonchev–Trinajstić information content (AvgIpc) is 3.08. The van der Waals surface area contributed by atoms with Crippen LogP contribution in [-0.2, 0) is 10.3 Å². The maximum atomic E-state index is 13.1. The zero-order valence-electron chi connectivity index (χ0n) is 17.5. The molecule has 1 heterocycles. The van der Waals surface area contributed by atoms with Crippen molar-refractivity contribution in [3.05, 3.63) is 59.2 Å². The number of carbonyl (C=O) groups excluding carboxylic acids is 2. The molecule has 1 aliphatic heterocycles. The van der Waals surface area contributed by atoms with E-state index in [1.807, 2.05) is 36.4 Å². The Morgan fingerprint density at radius 2 is 1.70 bits per heavy atom. The quantitative estimate of drug-likeness (QED) is 0.761. The molecule has 30 heavy (non-hydrogen) atoms. The van der Waals surface area contributed by atoms with Crippen LogP contribution >= 0.6 is 0 Å². The molecule has 2 aliphatic rings. The molecule has 2 aromatic carbocycles. The van der Waals surface area contributed by atoms with E-state index < -0.39 is 0 Å². The van der Waals surface area contributed by atoms with Crippen molar-refractivity contribution < 1.29 is 19.1 Å². The lowest BCUT2D eigenvalue weighted by molar-refractivity contribution is -0.124. The van der Waals surface area contributed by atoms with Crippen molar-refractivity contribution in [2.75, 3.05) is 14.2 Å². The normalized spacial score (nSPS) is 19.5. The Bertz CT molecular complexity index is 933. The van der Waals surface area contributed by atoms with E-state index in [-0.39, 0.29) is 29.8 Å². The highest BCUT2D eigenvalue weighted by atomic mass is 16.5. The first kappa shape index (κ1) is 20.3. The number of fused-ring (bicyclic) bond motifs is 1. The smallest absolute Gasteiger partial charge is 0.252 e. The topological polar surface area (TPSA) is 76.7 Å². The molecular formula is C24H28N2O4. The van der Waals surface area contributed by atoms with Crippen LogP contribution in [0.5, 0.6) is 11.5 Å². The molecule has 6 nitrogen and oxygen atoms in total. The second-order valence-corrected chi connectivity index (χ2v) is 8.10. The van der Waals surface area contributed by atoms with Gasteiger partial charge < -0.3 is 20.1 Å². The highest BCUT2D eigenvalue weighted by molar-refractivity contribution is 6.00. The van der Waals surface area contributed by atoms with Gasteiger partial charge in [-0.05, 0) is 48.2 Å². The van der Waals surface area contributed by atoms with Gasteiger partial charge >= 0.3 is 0 Å². The van der Waals surface area contributed by atoms with Gasteiger partial charge in [-0.15, -0.1) is 0 Å². The largest absolute Gasteiger partial charge is 0.497 e. The first-order valence-electron chi connectivity index (χ1n) is 10.5. The molecule has 0 bridgehead atoms. The van der Waals surface area contributed by atoms with Crippen LogP contribution in [0.3, 0.4) is 0 Å². The van der Waals surface area contributed by atoms with Crippen molar-refractivity contribution in [3.8, 4) is 11.5 Å². The molecule has 2 amide bonds. The molecule has 4 rings (SSSR count). The Morgan fingerprint density at radius 1 is 1.03 bits per heavy atom. The second-order valence-electron chi connectivity index (χ2n) is 8.10. The van der Waals surface area contributed by atoms with E-state index >= 15 is 0 Å². The number of carbonyl (C=O) groups is 2. The van der Waals surface area contributed by atoms with E-state index in [1.54, 1.807) is 20.3 Å². The molecule has 2 aromatic rings. The maximum Gasteiger partial charge on any atom is 0.252 e. The monoisotopic (exact) mass is 408 g/mol. The van der Waals surface area contributed by atoms with Gasteiger partial charge in [0.1, 0.15) is 11.5 Å². The Kier molecular flexibility index (Phi) is 5.66. The summed E-state index contributed by atoms with van der Waals surface area (Å²) in [5, 5.41) is 6.26. The lowest BCUT2D eigenvalue weighted by Gasteiger charge is -2.39. The summed E-state index contributed by atoms with van der Waals surface area (Å²) in [5.74, 6) is 1.22. The molecule has 2 N–H and O–H groups in total. The van der Waals surface area contributed by atoms with Gasteiger partial charge in [0.25, 0.3) is 5.91 Å². The summed E-state index contributed by atoms with van der Waals surface area (Å²) in [4.78, 5) is 25.4. The summed E-state index contributed by atoms with van der Waals surface area (Å²) in [5.41, 5.74) is 2.16. The summed E-state index contributed by atoms with van der Waals surface area (Å²) in [6.45, 7) is 0. The summed E-state index contributed by atoms with van der Waals surface area (Å²) < 4.78 is 10.5. The van der Waals surface area contributed by atoms with Crippen LogP contribution in [0, 0.1) is 0 Å². The van der Waals surface area contributed by atoms with E-state index in [4.69, 9.17) is 9.47 Å². The molecule has 1 atom stereocenters. The van der Waals surface area contributed by atoms with Gasteiger partial charge in [0.15, 0.2) is 0 Å². The first-order chi connectivity index (χ1) is 14.5. The number of benzene rings is 2. The van der Waals surface area contributed by atoms with Crippen molar-refractivity contribution in [2.45, 2.75) is 50.1 Å². The average molecular weight is 408 g/mol. The Labute approximate surface area is 177 Å². The number of rotatable bonds is 6. The molecule has 158 valence electrons. The molecule has 0 unspecified atom stereocenters. The van der Waals surface area contributed by atoms with Crippen LogP contribution in [0.4, 0.5) is 0 Å². The number of nitrogens with one attached hydrogen (secondary N) is 2. The standard InChI is InChI=1S/C24H28N2O4/c1-29-17-8-6-16(7-9-17)24(12-4-3-5-13-24)26-22(27)15-21-19-11-10-18(30-2)14-20(19)23(28)25-21/h6-11,14,21H,3-5,12-13,15H2,1-2H3,(H,25,28)(H,26,27)/t21-/m1/s1. The number of methoxy groups -OCH3 is 2. The van der Waals surface area contributed by atoms with Crippen molar-refractivity contribution in [3.63, 3.8) is 0 Å². The highest BCUT2D eigenvalue weighted by Crippen LogP contribution is 2.38. The summed E-state index contributed by atoms with van der Waals surface area (Å²) >= 11 is 0. The summed E-state index contributed by atoms with van der Waals surface area (Å²) in [6, 6.07) is 13.1. The Morgan fingerprint density at radius 3 is 2.37 bits per heavy atom. The van der Waals surface area contributed by atoms with Crippen molar-refractivity contribution >= 4 is 11.8 Å². The van der Waals surface area contributed by atoms with Gasteiger partial charge in [-0.2, -0.15) is 0 Å². The van der Waals surface area contributed by atoms with Crippen LogP contribution in [-0.4, -0.2) is 26.0 Å². The predicted molar refractivity (Wildman–Crippen MR) is 114 cm³/mol. The summed E-state index contributed by atoms with van der Waals surface area (Å²) in [6.07, 6.45) is 5.38. The van der Waals surface area contributed by atoms with Crippen LogP contribution in [0.25, 0.3) is 0 Å². The predicted octanol–water partition coefficient (Wildman–Crippen LogP) is 3.85. The molecule has 0 spiro atoms. The molecule has 0 saturated heterocycles. The second kappa shape index (κ2) is 8.38. The van der Waals surface area contributed by atoms with Gasteiger partial charge in [-0.1, -0.05) is 37.5 Å². The van der Waals surface area contributed by atoms with Gasteiger partial charge in [0.05, 0.1) is 32.2 Å². The SMILES string of the molecule is COc1ccc(C2(NC(=O)C[C@H]3NC(=O)c4cc(OC)ccc43)CCCCC2)cc1. The fraction of sp³-hybridized carbons (Fsp3) is 0.417. The fourth-order valence-electron chi connectivity index (χ4n) is 4.69. The fourth-order valence-corrected chi connectivity index (χ4v) is 4.69. The van der Waals surface area contributed by atoms with Crippen LogP contribution in [0.1, 0.15) is 66.1 Å². The minimum absolute atomic E-state index is 0.0540. The molecule has 1 fully saturated rings. The summed E-state index contributed by atoms with van der Waals surface area (Å²) in [7, 11) is 3.22. The third-order valence-corrected chi connectivity index (χ3v) is 6.30. The molecule has 0 aromatic heterocycles. The van der Waals surface area contributed by atoms with E-state index in [0.29, 0.717) is 11.3 Å². The maximum absolute atomic E-state index is 13.1. The Balaban J connectivity index is 1.52. The van der Waals surface area contributed by atoms with E-state index in [2.05, 4.69) is 10.6 Å². The molecule has 1 aliphatic carbocycles. The molecule has 0 radical (unpaired) electrons. The van der Waals surface area contributed by atoms with Crippen molar-refractivity contribution in [1.82, 2.24) is 10.6 Å². The van der Waals surface area contributed by atoms with E-state index in [0.717, 1.165) is 42.6 Å². The first-order valence-corrected chi connectivity index (χ1v) is 10.5. The van der Waals surface area contributed by atoms with E-state index in [9.17, 15) is 9.59 Å². The molecule has 1 saturated carbocycles. The number of amides is 2. The van der Waals surface area contributed by atoms with Gasteiger partial charge in [0.2, 0.25) is 5.91 Å². The van der Waals surface area contributed by atoms with Gasteiger partial charge in [-0.3, -0.25) is 9.59 Å². The highest BCUT2D eigenvalue weighted by Gasteiger charge is 2.37. The number of hydrogen-bond acceptors (Lipinski definition) is 4. The number of hydrogen-bond donors (Lipinski definition) is 2. The third-order valence-electron chi connectivity index (χ3n) is 6.30. The van der Waals surface area contributed by atoms with Crippen molar-refractivity contribution in [1.29, 1.82) is 0 Å². The zero-order valence-corrected chi connectivity index (χ0v) is 17.5. The molecular weight excluding hydrogens is 380 g/mol. The Hall–Kier alpha value is -3.02. The van der Waals surface area contributed by atoms with Crippen LogP contribution in [0.2, 0.25) is 0 Å². The van der Waals surface area contributed by atoms with E-state index in [1.165, 1.54) is 6.42 Å². The van der Waals surface area contributed by atoms with Crippen molar-refractivity contribution in [2.24, 2.45) is 0 Å². The van der Waals surface area contributed by atoms with Crippen LogP contribution < -0.4 is 20.1 Å². The minimum Gasteiger partial charge on any atom is -0.497 e. The zero-order chi connectivity index (χ0) is 21.1. The lowest BCUT2D eigenvalue weighted by atomic mass is 9.76. The van der Waals surface area contributed by atoms with Gasteiger partial charge in [0, 0.05) is 5.56 Å². The molecule has 6 heteroatoms. The van der Waals surface area contributed by atoms with Crippen LogP contribution in [0.15, 0.2) is 42.5 Å². The third kappa shape index (κ3) is 3.86. The minimum atomic E-state index is -0.368. The van der Waals surface area contributed by atoms with Gasteiger partial charge in [-0.25, -0.2) is 0 Å². The number of ether oxygens (including phenoxy) is 2. The lowest BCUT2D eigenvalue weighted by Crippen LogP contribution is -2.47.